The summed E-state index contributed by atoms with van der Waals surface area (Å²) in [5.41, 5.74) is 0.990. The Kier molecular flexibility index (Phi) is 15.9. The largest absolute Gasteiger partial charge is 0.379 e. The van der Waals surface area contributed by atoms with Crippen LogP contribution < -0.4 is 0 Å². The van der Waals surface area contributed by atoms with Gasteiger partial charge in [-0.15, -0.1) is 0 Å². The summed E-state index contributed by atoms with van der Waals surface area (Å²) in [7, 11) is -3.74. The van der Waals surface area contributed by atoms with Gasteiger partial charge in [0.2, 0.25) is 0 Å². The smallest absolute Gasteiger partial charge is 0.297 e. The Labute approximate surface area is 182 Å². The van der Waals surface area contributed by atoms with Crippen LogP contribution in [0.1, 0.15) is 44.6 Å². The Morgan fingerprint density at radius 2 is 1.10 bits per heavy atom. The summed E-state index contributed by atoms with van der Waals surface area (Å²) in [6, 6.07) is 6.53. The normalized spacial score (nSPS) is 11.8. The lowest BCUT2D eigenvalue weighted by Gasteiger charge is -2.08. The lowest BCUT2D eigenvalue weighted by Crippen LogP contribution is -2.15. The first-order valence-corrected chi connectivity index (χ1v) is 12.2. The molecule has 0 spiro atoms. The molecule has 1 aromatic rings. The van der Waals surface area contributed by atoms with E-state index in [1.54, 1.807) is 12.1 Å². The molecule has 0 atom stereocenters. The summed E-state index contributed by atoms with van der Waals surface area (Å²) < 4.78 is 50.6. The van der Waals surface area contributed by atoms with Crippen LogP contribution in [0.25, 0.3) is 0 Å². The standard InChI is InChI=1S/C22H38O7S/c1-3-4-5-6-7-12-25-13-14-26-15-16-27-17-18-28-19-20-29-30(23,24)22-10-8-21(2)9-11-22/h8-11H,3-7,12-20H2,1-2H3. The van der Waals surface area contributed by atoms with E-state index >= 15 is 0 Å². The van der Waals surface area contributed by atoms with Crippen molar-refractivity contribution in [3.63, 3.8) is 0 Å². The first kappa shape index (κ1) is 27.0. The highest BCUT2D eigenvalue weighted by atomic mass is 32.2. The van der Waals surface area contributed by atoms with E-state index in [-0.39, 0.29) is 18.1 Å². The second-order valence-corrected chi connectivity index (χ2v) is 8.57. The number of ether oxygens (including phenoxy) is 4. The molecule has 0 heterocycles. The van der Waals surface area contributed by atoms with Gasteiger partial charge in [0.25, 0.3) is 10.1 Å². The molecule has 1 rings (SSSR count). The monoisotopic (exact) mass is 446 g/mol. The number of unbranched alkanes of at least 4 members (excludes halogenated alkanes) is 4. The summed E-state index contributed by atoms with van der Waals surface area (Å²) in [5.74, 6) is 0. The second-order valence-electron chi connectivity index (χ2n) is 6.95. The summed E-state index contributed by atoms with van der Waals surface area (Å²) >= 11 is 0. The molecule has 0 amide bonds. The Balaban J connectivity index is 1.84. The SMILES string of the molecule is CCCCCCCOCCOCCOCCOCCOS(=O)(=O)c1ccc(C)cc1. The molecule has 0 aliphatic carbocycles. The van der Waals surface area contributed by atoms with Crippen molar-refractivity contribution in [2.24, 2.45) is 0 Å². The molecule has 0 aromatic heterocycles. The highest BCUT2D eigenvalue weighted by molar-refractivity contribution is 7.86. The lowest BCUT2D eigenvalue weighted by molar-refractivity contribution is -0.00468. The lowest BCUT2D eigenvalue weighted by atomic mass is 10.2. The molecule has 0 saturated heterocycles. The van der Waals surface area contributed by atoms with Gasteiger partial charge in [-0.3, -0.25) is 4.18 Å². The van der Waals surface area contributed by atoms with Gasteiger partial charge in [-0.25, -0.2) is 0 Å². The molecule has 0 aliphatic heterocycles. The molecule has 0 aliphatic rings. The van der Waals surface area contributed by atoms with Crippen molar-refractivity contribution in [3.8, 4) is 0 Å². The minimum atomic E-state index is -3.74. The number of benzene rings is 1. The van der Waals surface area contributed by atoms with Crippen molar-refractivity contribution >= 4 is 10.1 Å². The highest BCUT2D eigenvalue weighted by Crippen LogP contribution is 2.12. The molecule has 0 fully saturated rings. The summed E-state index contributed by atoms with van der Waals surface area (Å²) in [4.78, 5) is 0.147. The minimum absolute atomic E-state index is 0.0298. The average Bonchev–Trinajstić information content (AvgIpc) is 2.73. The third-order valence-electron chi connectivity index (χ3n) is 4.28. The van der Waals surface area contributed by atoms with Gasteiger partial charge in [0.15, 0.2) is 0 Å². The molecule has 0 unspecified atom stereocenters. The van der Waals surface area contributed by atoms with Crippen molar-refractivity contribution in [1.82, 2.24) is 0 Å². The molecule has 0 N–H and O–H groups in total. The molecule has 1 aromatic carbocycles. The van der Waals surface area contributed by atoms with E-state index in [2.05, 4.69) is 6.92 Å². The molecule has 8 heteroatoms. The second kappa shape index (κ2) is 17.6. The van der Waals surface area contributed by atoms with Gasteiger partial charge in [-0.2, -0.15) is 8.42 Å². The maximum atomic E-state index is 12.0. The van der Waals surface area contributed by atoms with Gasteiger partial charge in [0.05, 0.1) is 57.8 Å². The van der Waals surface area contributed by atoms with Gasteiger partial charge in [-0.1, -0.05) is 50.3 Å². The quantitative estimate of drug-likeness (QED) is 0.223. The first-order chi connectivity index (χ1) is 14.6. The molecular weight excluding hydrogens is 408 g/mol. The first-order valence-electron chi connectivity index (χ1n) is 10.8. The Morgan fingerprint density at radius 1 is 0.633 bits per heavy atom. The van der Waals surface area contributed by atoms with E-state index in [0.717, 1.165) is 18.6 Å². The fourth-order valence-corrected chi connectivity index (χ4v) is 3.44. The average molecular weight is 447 g/mol. The molecule has 0 bridgehead atoms. The van der Waals surface area contributed by atoms with Crippen LogP contribution >= 0.6 is 0 Å². The highest BCUT2D eigenvalue weighted by Gasteiger charge is 2.14. The van der Waals surface area contributed by atoms with Gasteiger partial charge in [-0.05, 0) is 25.5 Å². The van der Waals surface area contributed by atoms with Gasteiger partial charge in [0.1, 0.15) is 0 Å². The van der Waals surface area contributed by atoms with Gasteiger partial charge in [0, 0.05) is 6.61 Å². The number of hydrogen-bond donors (Lipinski definition) is 0. The summed E-state index contributed by atoms with van der Waals surface area (Å²) in [5, 5.41) is 0. The topological polar surface area (TPSA) is 80.3 Å². The predicted octanol–water partition coefficient (Wildman–Crippen LogP) is 3.74. The maximum absolute atomic E-state index is 12.0. The fraction of sp³-hybridized carbons (Fsp3) is 0.727. The minimum Gasteiger partial charge on any atom is -0.379 e. The third kappa shape index (κ3) is 14.1. The summed E-state index contributed by atoms with van der Waals surface area (Å²) in [6.07, 6.45) is 6.20. The van der Waals surface area contributed by atoms with Crippen LogP contribution in [0.5, 0.6) is 0 Å². The van der Waals surface area contributed by atoms with Crippen molar-refractivity contribution in [2.75, 3.05) is 59.5 Å². The van der Waals surface area contributed by atoms with Crippen LogP contribution in [0, 0.1) is 6.92 Å². The predicted molar refractivity (Wildman–Crippen MR) is 116 cm³/mol. The molecule has 7 nitrogen and oxygen atoms in total. The number of hydrogen-bond acceptors (Lipinski definition) is 7. The molecule has 0 radical (unpaired) electrons. The van der Waals surface area contributed by atoms with Crippen molar-refractivity contribution < 1.29 is 31.5 Å². The van der Waals surface area contributed by atoms with Crippen molar-refractivity contribution in [1.29, 1.82) is 0 Å². The zero-order chi connectivity index (χ0) is 21.9. The van der Waals surface area contributed by atoms with E-state index in [0.29, 0.717) is 39.6 Å². The van der Waals surface area contributed by atoms with Crippen LogP contribution in [0.4, 0.5) is 0 Å². The number of aryl methyl sites for hydroxylation is 1. The Bertz CT molecular complexity index is 617. The molecule has 0 saturated carbocycles. The van der Waals surface area contributed by atoms with Crippen LogP contribution in [0.2, 0.25) is 0 Å². The van der Waals surface area contributed by atoms with Crippen LogP contribution in [0.3, 0.4) is 0 Å². The van der Waals surface area contributed by atoms with Gasteiger partial charge < -0.3 is 18.9 Å². The van der Waals surface area contributed by atoms with Crippen LogP contribution in [0.15, 0.2) is 29.2 Å². The molecule has 30 heavy (non-hydrogen) atoms. The third-order valence-corrected chi connectivity index (χ3v) is 5.61. The van der Waals surface area contributed by atoms with Crippen LogP contribution in [-0.4, -0.2) is 67.9 Å². The Hall–Kier alpha value is -1.03. The van der Waals surface area contributed by atoms with E-state index in [1.165, 1.54) is 37.8 Å². The maximum Gasteiger partial charge on any atom is 0.297 e. The fourth-order valence-electron chi connectivity index (χ4n) is 2.55. The Morgan fingerprint density at radius 3 is 1.63 bits per heavy atom. The molecule has 174 valence electrons. The van der Waals surface area contributed by atoms with Crippen molar-refractivity contribution in [2.45, 2.75) is 50.8 Å². The van der Waals surface area contributed by atoms with E-state index in [9.17, 15) is 8.42 Å². The summed E-state index contributed by atoms with van der Waals surface area (Å²) in [6.45, 7) is 8.03. The van der Waals surface area contributed by atoms with E-state index in [1.807, 2.05) is 6.92 Å². The van der Waals surface area contributed by atoms with Crippen molar-refractivity contribution in [3.05, 3.63) is 29.8 Å². The molecular formula is C22H38O7S. The zero-order valence-corrected chi connectivity index (χ0v) is 19.3. The van der Waals surface area contributed by atoms with Crippen LogP contribution in [-0.2, 0) is 33.2 Å². The van der Waals surface area contributed by atoms with Gasteiger partial charge >= 0.3 is 0 Å². The number of rotatable bonds is 20. The van der Waals surface area contributed by atoms with E-state index in [4.69, 9.17) is 23.1 Å². The zero-order valence-electron chi connectivity index (χ0n) is 18.5. The van der Waals surface area contributed by atoms with E-state index < -0.39 is 10.1 Å².